The minimum absolute atomic E-state index is 0.137. The Bertz CT molecular complexity index is 1430. The molecule has 2 aliphatic heterocycles. The number of carbonyl (C=O) groups is 1. The zero-order valence-corrected chi connectivity index (χ0v) is 21.7. The average Bonchev–Trinajstić information content (AvgIpc) is 3.66. The van der Waals surface area contributed by atoms with Crippen molar-refractivity contribution in [3.8, 4) is 0 Å². The van der Waals surface area contributed by atoms with Gasteiger partial charge in [0, 0.05) is 42.1 Å². The van der Waals surface area contributed by atoms with Crippen molar-refractivity contribution in [2.45, 2.75) is 65.5 Å². The molecule has 36 heavy (non-hydrogen) atoms. The van der Waals surface area contributed by atoms with Crippen LogP contribution in [0.25, 0.3) is 22.1 Å². The van der Waals surface area contributed by atoms with Crippen molar-refractivity contribution in [1.29, 1.82) is 0 Å². The number of nitrogens with one attached hydrogen (secondary N) is 1. The molecule has 1 amide bonds. The zero-order chi connectivity index (χ0) is 24.8. The monoisotopic (exact) mass is 484 g/mol. The maximum atomic E-state index is 13.5. The molecule has 5 heterocycles. The molecule has 1 aromatic carbocycles. The molecule has 0 saturated carbocycles. The molecule has 7 heteroatoms. The number of hydrogen-bond acceptors (Lipinski definition) is 4. The Balaban J connectivity index is 1.26. The first-order valence-electron chi connectivity index (χ1n) is 13.5. The van der Waals surface area contributed by atoms with Gasteiger partial charge in [0.25, 0.3) is 5.91 Å². The van der Waals surface area contributed by atoms with Crippen LogP contribution in [0.2, 0.25) is 0 Å². The molecular formula is C29H36N6O. The minimum atomic E-state index is 0.137. The van der Waals surface area contributed by atoms with Gasteiger partial charge in [-0.25, -0.2) is 9.97 Å². The van der Waals surface area contributed by atoms with Crippen molar-refractivity contribution in [2.24, 2.45) is 0 Å². The molecule has 7 nitrogen and oxygen atoms in total. The van der Waals surface area contributed by atoms with E-state index < -0.39 is 0 Å². The highest BCUT2D eigenvalue weighted by molar-refractivity contribution is 5.98. The van der Waals surface area contributed by atoms with Crippen molar-refractivity contribution in [3.63, 3.8) is 0 Å². The predicted molar refractivity (Wildman–Crippen MR) is 144 cm³/mol. The SMILES string of the molecule is CCc1nc2c(C)cc(C)nc2n1Cc1ccc2[nH]c(C(=O)N3CCCC3CN3CCCC3)cc2c1. The summed E-state index contributed by atoms with van der Waals surface area (Å²) >= 11 is 0. The summed E-state index contributed by atoms with van der Waals surface area (Å²) in [5.41, 5.74) is 7.01. The van der Waals surface area contributed by atoms with Gasteiger partial charge in [-0.3, -0.25) is 4.79 Å². The number of aromatic amines is 1. The van der Waals surface area contributed by atoms with Crippen LogP contribution in [0.15, 0.2) is 30.3 Å². The van der Waals surface area contributed by atoms with Crippen LogP contribution in [0, 0.1) is 13.8 Å². The summed E-state index contributed by atoms with van der Waals surface area (Å²) in [6, 6.07) is 10.9. The molecule has 1 N–H and O–H groups in total. The zero-order valence-electron chi connectivity index (χ0n) is 21.7. The Morgan fingerprint density at radius 3 is 2.69 bits per heavy atom. The van der Waals surface area contributed by atoms with Crippen LogP contribution in [0.5, 0.6) is 0 Å². The lowest BCUT2D eigenvalue weighted by Crippen LogP contribution is -2.42. The van der Waals surface area contributed by atoms with Crippen LogP contribution in [0.1, 0.15) is 65.7 Å². The lowest BCUT2D eigenvalue weighted by Gasteiger charge is -2.28. The normalized spacial score (nSPS) is 18.8. The number of H-pyrrole nitrogens is 1. The molecule has 0 radical (unpaired) electrons. The van der Waals surface area contributed by atoms with E-state index in [0.717, 1.165) is 65.9 Å². The quantitative estimate of drug-likeness (QED) is 0.425. The summed E-state index contributed by atoms with van der Waals surface area (Å²) in [7, 11) is 0. The minimum Gasteiger partial charge on any atom is -0.351 e. The molecule has 4 aromatic rings. The third-order valence-corrected chi connectivity index (χ3v) is 7.98. The van der Waals surface area contributed by atoms with E-state index in [9.17, 15) is 4.79 Å². The molecule has 6 rings (SSSR count). The number of imidazole rings is 1. The van der Waals surface area contributed by atoms with Crippen molar-refractivity contribution in [2.75, 3.05) is 26.2 Å². The van der Waals surface area contributed by atoms with Gasteiger partial charge in [0.1, 0.15) is 17.0 Å². The largest absolute Gasteiger partial charge is 0.351 e. The number of fused-ring (bicyclic) bond motifs is 2. The Labute approximate surface area is 212 Å². The fourth-order valence-corrected chi connectivity index (χ4v) is 6.17. The second-order valence-electron chi connectivity index (χ2n) is 10.6. The maximum absolute atomic E-state index is 13.5. The van der Waals surface area contributed by atoms with Crippen LogP contribution >= 0.6 is 0 Å². The number of rotatable bonds is 6. The van der Waals surface area contributed by atoms with Gasteiger partial charge in [0.15, 0.2) is 5.65 Å². The van der Waals surface area contributed by atoms with E-state index in [1.54, 1.807) is 0 Å². The van der Waals surface area contributed by atoms with Crippen LogP contribution in [0.3, 0.4) is 0 Å². The highest BCUT2D eigenvalue weighted by Gasteiger charge is 2.32. The van der Waals surface area contributed by atoms with Crippen molar-refractivity contribution in [1.82, 2.24) is 29.3 Å². The van der Waals surface area contributed by atoms with Gasteiger partial charge in [-0.15, -0.1) is 0 Å². The molecule has 1 atom stereocenters. The summed E-state index contributed by atoms with van der Waals surface area (Å²) in [6.45, 7) is 11.2. The van der Waals surface area contributed by atoms with E-state index in [4.69, 9.17) is 9.97 Å². The van der Waals surface area contributed by atoms with E-state index >= 15 is 0 Å². The van der Waals surface area contributed by atoms with Crippen molar-refractivity contribution < 1.29 is 4.79 Å². The van der Waals surface area contributed by atoms with Gasteiger partial charge in [0.05, 0.1) is 6.54 Å². The second-order valence-corrected chi connectivity index (χ2v) is 10.6. The highest BCUT2D eigenvalue weighted by Crippen LogP contribution is 2.26. The Kier molecular flexibility index (Phi) is 6.04. The highest BCUT2D eigenvalue weighted by atomic mass is 16.2. The van der Waals surface area contributed by atoms with Crippen LogP contribution in [-0.2, 0) is 13.0 Å². The Hall–Kier alpha value is -3.19. The Morgan fingerprint density at radius 2 is 1.89 bits per heavy atom. The van der Waals surface area contributed by atoms with Gasteiger partial charge in [-0.05, 0) is 88.0 Å². The summed E-state index contributed by atoms with van der Waals surface area (Å²) in [5, 5.41) is 1.08. The fraction of sp³-hybridized carbons (Fsp3) is 0.483. The molecule has 0 aliphatic carbocycles. The predicted octanol–water partition coefficient (Wildman–Crippen LogP) is 4.84. The van der Waals surface area contributed by atoms with E-state index in [1.165, 1.54) is 37.1 Å². The van der Waals surface area contributed by atoms with E-state index in [-0.39, 0.29) is 5.91 Å². The third kappa shape index (κ3) is 4.19. The van der Waals surface area contributed by atoms with Gasteiger partial charge in [-0.1, -0.05) is 13.0 Å². The molecule has 2 fully saturated rings. The molecular weight excluding hydrogens is 448 g/mol. The van der Waals surface area contributed by atoms with Crippen LogP contribution in [-0.4, -0.2) is 67.4 Å². The molecule has 1 unspecified atom stereocenters. The lowest BCUT2D eigenvalue weighted by atomic mass is 10.1. The number of aromatic nitrogens is 4. The Morgan fingerprint density at radius 1 is 1.06 bits per heavy atom. The average molecular weight is 485 g/mol. The topological polar surface area (TPSA) is 70.0 Å². The first kappa shape index (κ1) is 23.2. The summed E-state index contributed by atoms with van der Waals surface area (Å²) < 4.78 is 2.24. The molecule has 0 spiro atoms. The number of aryl methyl sites for hydroxylation is 3. The first-order valence-corrected chi connectivity index (χ1v) is 13.5. The summed E-state index contributed by atoms with van der Waals surface area (Å²) in [5.74, 6) is 1.19. The molecule has 0 bridgehead atoms. The summed E-state index contributed by atoms with van der Waals surface area (Å²) in [4.78, 5) is 31.2. The van der Waals surface area contributed by atoms with Crippen LogP contribution < -0.4 is 0 Å². The van der Waals surface area contributed by atoms with Gasteiger partial charge < -0.3 is 19.4 Å². The van der Waals surface area contributed by atoms with Crippen LogP contribution in [0.4, 0.5) is 0 Å². The summed E-state index contributed by atoms with van der Waals surface area (Å²) in [6.07, 6.45) is 5.64. The van der Waals surface area contributed by atoms with Gasteiger partial charge >= 0.3 is 0 Å². The lowest BCUT2D eigenvalue weighted by molar-refractivity contribution is 0.0704. The van der Waals surface area contributed by atoms with Gasteiger partial charge in [0.2, 0.25) is 0 Å². The molecule has 188 valence electrons. The fourth-order valence-electron chi connectivity index (χ4n) is 6.17. The first-order chi connectivity index (χ1) is 17.5. The second kappa shape index (κ2) is 9.36. The molecule has 3 aromatic heterocycles. The number of amides is 1. The van der Waals surface area contributed by atoms with E-state index in [1.807, 2.05) is 13.0 Å². The number of nitrogens with zero attached hydrogens (tertiary/aromatic N) is 5. The van der Waals surface area contributed by atoms with E-state index in [0.29, 0.717) is 18.3 Å². The van der Waals surface area contributed by atoms with Crippen molar-refractivity contribution >= 4 is 28.0 Å². The number of carbonyl (C=O) groups excluding carboxylic acids is 1. The smallest absolute Gasteiger partial charge is 0.270 e. The number of likely N-dealkylation sites (tertiary alicyclic amines) is 2. The van der Waals surface area contributed by atoms with Gasteiger partial charge in [-0.2, -0.15) is 0 Å². The number of hydrogen-bond donors (Lipinski definition) is 1. The van der Waals surface area contributed by atoms with Crippen molar-refractivity contribution in [3.05, 3.63) is 58.7 Å². The van der Waals surface area contributed by atoms with E-state index in [2.05, 4.69) is 57.5 Å². The maximum Gasteiger partial charge on any atom is 0.270 e. The third-order valence-electron chi connectivity index (χ3n) is 7.98. The molecule has 2 aliphatic rings. The number of benzene rings is 1. The number of pyridine rings is 1. The molecule has 2 saturated heterocycles. The standard InChI is InChI=1S/C29H36N6O/c1-4-26-32-27-19(2)14-20(3)30-28(27)35(26)17-21-9-10-24-22(15-21)16-25(31-24)29(36)34-13-7-8-23(34)18-33-11-5-6-12-33/h9-10,14-16,23,31H,4-8,11-13,17-18H2,1-3H3.